The molecule has 0 saturated heterocycles. The fourth-order valence-electron chi connectivity index (χ4n) is 2.56. The molecule has 0 radical (unpaired) electrons. The molecule has 1 aliphatic carbocycles. The summed E-state index contributed by atoms with van der Waals surface area (Å²) in [5, 5.41) is 19.9. The van der Waals surface area contributed by atoms with Crippen molar-refractivity contribution in [3.05, 3.63) is 39.9 Å². The van der Waals surface area contributed by atoms with E-state index in [0.717, 1.165) is 24.8 Å². The molecule has 1 atom stereocenters. The zero-order chi connectivity index (χ0) is 14.7. The summed E-state index contributed by atoms with van der Waals surface area (Å²) in [6.45, 7) is 1.95. The SMILES string of the molecule is CCC(c1cccc([N+](=O)[O-])c1)N(CC(=O)O)C1CC1. The number of carbonyl (C=O) groups is 1. The van der Waals surface area contributed by atoms with E-state index in [2.05, 4.69) is 0 Å². The molecule has 1 aliphatic rings. The minimum absolute atomic E-state index is 0.0220. The number of aliphatic carboxylic acids is 1. The zero-order valence-electron chi connectivity index (χ0n) is 11.4. The number of carboxylic acid groups (broad SMARTS) is 1. The average Bonchev–Trinajstić information content (AvgIpc) is 3.22. The van der Waals surface area contributed by atoms with Gasteiger partial charge < -0.3 is 5.11 Å². The lowest BCUT2D eigenvalue weighted by atomic mass is 10.0. The quantitative estimate of drug-likeness (QED) is 0.612. The predicted molar refractivity (Wildman–Crippen MR) is 73.5 cm³/mol. The average molecular weight is 278 g/mol. The largest absolute Gasteiger partial charge is 0.480 e. The molecule has 1 N–H and O–H groups in total. The lowest BCUT2D eigenvalue weighted by Gasteiger charge is -2.30. The highest BCUT2D eigenvalue weighted by atomic mass is 16.6. The van der Waals surface area contributed by atoms with Gasteiger partial charge in [0.2, 0.25) is 0 Å². The van der Waals surface area contributed by atoms with E-state index in [9.17, 15) is 14.9 Å². The number of benzene rings is 1. The molecule has 1 aromatic carbocycles. The topological polar surface area (TPSA) is 83.7 Å². The van der Waals surface area contributed by atoms with Gasteiger partial charge >= 0.3 is 5.97 Å². The number of hydrogen-bond donors (Lipinski definition) is 1. The molecule has 0 spiro atoms. The highest BCUT2D eigenvalue weighted by Gasteiger charge is 2.35. The Kier molecular flexibility index (Phi) is 4.34. The normalized spacial score (nSPS) is 16.1. The number of hydrogen-bond acceptors (Lipinski definition) is 4. The molecule has 6 nitrogen and oxygen atoms in total. The van der Waals surface area contributed by atoms with Gasteiger partial charge in [-0.15, -0.1) is 0 Å². The maximum Gasteiger partial charge on any atom is 0.317 e. The minimum Gasteiger partial charge on any atom is -0.480 e. The number of non-ortho nitro benzene ring substituents is 1. The Labute approximate surface area is 117 Å². The molecule has 1 fully saturated rings. The molecule has 0 amide bonds. The Morgan fingerprint density at radius 2 is 2.25 bits per heavy atom. The summed E-state index contributed by atoms with van der Waals surface area (Å²) in [6, 6.07) is 6.69. The van der Waals surface area contributed by atoms with Crippen LogP contribution < -0.4 is 0 Å². The fraction of sp³-hybridized carbons (Fsp3) is 0.500. The lowest BCUT2D eigenvalue weighted by Crippen LogP contribution is -2.35. The summed E-state index contributed by atoms with van der Waals surface area (Å²) < 4.78 is 0. The second-order valence-corrected chi connectivity index (χ2v) is 5.07. The van der Waals surface area contributed by atoms with Crippen molar-refractivity contribution >= 4 is 11.7 Å². The van der Waals surface area contributed by atoms with Crippen LogP contribution in [0.25, 0.3) is 0 Å². The number of carboxylic acids is 1. The van der Waals surface area contributed by atoms with Crippen molar-refractivity contribution in [1.82, 2.24) is 4.90 Å². The molecule has 0 bridgehead atoms. The van der Waals surface area contributed by atoms with Crippen LogP contribution in [0.1, 0.15) is 37.8 Å². The van der Waals surface area contributed by atoms with Gasteiger partial charge in [0.1, 0.15) is 0 Å². The van der Waals surface area contributed by atoms with Crippen LogP contribution in [0.5, 0.6) is 0 Å². The molecular weight excluding hydrogens is 260 g/mol. The van der Waals surface area contributed by atoms with Crippen LogP contribution in [-0.4, -0.2) is 33.5 Å². The fourth-order valence-corrected chi connectivity index (χ4v) is 2.56. The Bertz CT molecular complexity index is 514. The second-order valence-electron chi connectivity index (χ2n) is 5.07. The van der Waals surface area contributed by atoms with Gasteiger partial charge in [-0.3, -0.25) is 19.8 Å². The molecule has 1 saturated carbocycles. The van der Waals surface area contributed by atoms with E-state index in [-0.39, 0.29) is 24.3 Å². The monoisotopic (exact) mass is 278 g/mol. The van der Waals surface area contributed by atoms with Gasteiger partial charge in [-0.1, -0.05) is 19.1 Å². The highest BCUT2D eigenvalue weighted by molar-refractivity contribution is 5.69. The number of rotatable bonds is 7. The summed E-state index contributed by atoms with van der Waals surface area (Å²) in [4.78, 5) is 23.4. The van der Waals surface area contributed by atoms with E-state index in [1.54, 1.807) is 12.1 Å². The first-order chi connectivity index (χ1) is 9.52. The van der Waals surface area contributed by atoms with Gasteiger partial charge in [-0.25, -0.2) is 0 Å². The van der Waals surface area contributed by atoms with Crippen molar-refractivity contribution in [2.24, 2.45) is 0 Å². The molecule has 20 heavy (non-hydrogen) atoms. The minimum atomic E-state index is -0.860. The van der Waals surface area contributed by atoms with Gasteiger partial charge in [-0.05, 0) is 24.8 Å². The van der Waals surface area contributed by atoms with E-state index in [4.69, 9.17) is 5.11 Å². The van der Waals surface area contributed by atoms with Crippen LogP contribution in [0, 0.1) is 10.1 Å². The van der Waals surface area contributed by atoms with E-state index in [0.29, 0.717) is 0 Å². The Balaban J connectivity index is 2.27. The third-order valence-corrected chi connectivity index (χ3v) is 3.59. The third-order valence-electron chi connectivity index (χ3n) is 3.59. The summed E-state index contributed by atoms with van der Waals surface area (Å²) >= 11 is 0. The number of nitro benzene ring substituents is 1. The second kappa shape index (κ2) is 6.00. The first kappa shape index (κ1) is 14.5. The van der Waals surface area contributed by atoms with Crippen LogP contribution >= 0.6 is 0 Å². The zero-order valence-corrected chi connectivity index (χ0v) is 11.4. The van der Waals surface area contributed by atoms with Gasteiger partial charge in [0, 0.05) is 24.2 Å². The molecule has 108 valence electrons. The van der Waals surface area contributed by atoms with E-state index >= 15 is 0 Å². The molecule has 1 aromatic rings. The standard InChI is InChI=1S/C14H18N2O4/c1-2-13(15(9-14(17)18)11-6-7-11)10-4-3-5-12(8-10)16(19)20/h3-5,8,11,13H,2,6-7,9H2,1H3,(H,17,18). The maximum atomic E-state index is 11.0. The molecule has 6 heteroatoms. The van der Waals surface area contributed by atoms with E-state index in [1.807, 2.05) is 17.9 Å². The van der Waals surface area contributed by atoms with Crippen molar-refractivity contribution in [3.63, 3.8) is 0 Å². The van der Waals surface area contributed by atoms with Crippen molar-refractivity contribution in [2.75, 3.05) is 6.54 Å². The van der Waals surface area contributed by atoms with Crippen LogP contribution in [-0.2, 0) is 4.79 Å². The van der Waals surface area contributed by atoms with Crippen molar-refractivity contribution in [3.8, 4) is 0 Å². The first-order valence-electron chi connectivity index (χ1n) is 6.74. The Morgan fingerprint density at radius 1 is 1.55 bits per heavy atom. The highest BCUT2D eigenvalue weighted by Crippen LogP contribution is 2.36. The number of nitro groups is 1. The third kappa shape index (κ3) is 3.33. The molecule has 1 unspecified atom stereocenters. The summed E-state index contributed by atoms with van der Waals surface area (Å²) in [5.41, 5.74) is 0.863. The number of nitrogens with zero attached hydrogens (tertiary/aromatic N) is 2. The molecule has 2 rings (SSSR count). The summed E-state index contributed by atoms with van der Waals surface area (Å²) in [5.74, 6) is -0.860. The molecule has 0 heterocycles. The van der Waals surface area contributed by atoms with Crippen LogP contribution in [0.2, 0.25) is 0 Å². The van der Waals surface area contributed by atoms with Gasteiger partial charge in [0.15, 0.2) is 0 Å². The van der Waals surface area contributed by atoms with Crippen LogP contribution in [0.15, 0.2) is 24.3 Å². The van der Waals surface area contributed by atoms with E-state index in [1.165, 1.54) is 6.07 Å². The van der Waals surface area contributed by atoms with Crippen LogP contribution in [0.3, 0.4) is 0 Å². The predicted octanol–water partition coefficient (Wildman–Crippen LogP) is 2.59. The van der Waals surface area contributed by atoms with Gasteiger partial charge in [0.05, 0.1) is 11.5 Å². The molecule has 0 aromatic heterocycles. The Hall–Kier alpha value is -1.95. The van der Waals surface area contributed by atoms with Crippen molar-refractivity contribution in [2.45, 2.75) is 38.3 Å². The van der Waals surface area contributed by atoms with Gasteiger partial charge in [-0.2, -0.15) is 0 Å². The lowest BCUT2D eigenvalue weighted by molar-refractivity contribution is -0.385. The molecular formula is C14H18N2O4. The first-order valence-corrected chi connectivity index (χ1v) is 6.74. The van der Waals surface area contributed by atoms with Crippen molar-refractivity contribution in [1.29, 1.82) is 0 Å². The van der Waals surface area contributed by atoms with E-state index < -0.39 is 10.9 Å². The smallest absolute Gasteiger partial charge is 0.317 e. The molecule has 0 aliphatic heterocycles. The van der Waals surface area contributed by atoms with Crippen molar-refractivity contribution < 1.29 is 14.8 Å². The summed E-state index contributed by atoms with van der Waals surface area (Å²) in [6.07, 6.45) is 2.72. The maximum absolute atomic E-state index is 11.0. The Morgan fingerprint density at radius 3 is 2.75 bits per heavy atom. The summed E-state index contributed by atoms with van der Waals surface area (Å²) in [7, 11) is 0. The van der Waals surface area contributed by atoms with Crippen LogP contribution in [0.4, 0.5) is 5.69 Å². The van der Waals surface area contributed by atoms with Gasteiger partial charge in [0.25, 0.3) is 5.69 Å².